The lowest BCUT2D eigenvalue weighted by Crippen LogP contribution is -2.46. The van der Waals surface area contributed by atoms with Gasteiger partial charge in [0.2, 0.25) is 5.91 Å². The van der Waals surface area contributed by atoms with E-state index in [9.17, 15) is 4.79 Å². The Morgan fingerprint density at radius 1 is 1.23 bits per heavy atom. The second kappa shape index (κ2) is 7.63. The van der Waals surface area contributed by atoms with Gasteiger partial charge in [-0.15, -0.1) is 0 Å². The van der Waals surface area contributed by atoms with E-state index in [1.807, 2.05) is 17.0 Å². The Bertz CT molecular complexity index is 492. The third-order valence-corrected chi connectivity index (χ3v) is 4.60. The fourth-order valence-electron chi connectivity index (χ4n) is 3.30. The number of piperazine rings is 1. The predicted octanol–water partition coefficient (Wildman–Crippen LogP) is 2.37. The van der Waals surface area contributed by atoms with Gasteiger partial charge >= 0.3 is 0 Å². The summed E-state index contributed by atoms with van der Waals surface area (Å²) in [6.45, 7) is 3.50. The van der Waals surface area contributed by atoms with Crippen LogP contribution in [0.25, 0.3) is 0 Å². The minimum atomic E-state index is 0.267. The molecule has 0 radical (unpaired) electrons. The normalized spacial score (nSPS) is 19.4. The first-order valence-electron chi connectivity index (χ1n) is 8.55. The molecule has 1 aromatic carbocycles. The van der Waals surface area contributed by atoms with Gasteiger partial charge in [0, 0.05) is 32.6 Å². The van der Waals surface area contributed by atoms with E-state index >= 15 is 0 Å². The van der Waals surface area contributed by atoms with Crippen LogP contribution in [0.2, 0.25) is 0 Å². The van der Waals surface area contributed by atoms with Crippen LogP contribution < -0.4 is 10.1 Å². The molecule has 0 aromatic heterocycles. The Morgan fingerprint density at radius 3 is 2.77 bits per heavy atom. The molecule has 1 saturated heterocycles. The summed E-state index contributed by atoms with van der Waals surface area (Å²) in [5.74, 6) is 1.22. The van der Waals surface area contributed by atoms with Gasteiger partial charge in [-0.25, -0.2) is 0 Å². The molecule has 2 aliphatic rings. The first-order valence-corrected chi connectivity index (χ1v) is 8.55. The van der Waals surface area contributed by atoms with Gasteiger partial charge in [-0.2, -0.15) is 0 Å². The van der Waals surface area contributed by atoms with Crippen molar-refractivity contribution < 1.29 is 9.53 Å². The maximum absolute atomic E-state index is 12.2. The molecule has 0 unspecified atom stereocenters. The van der Waals surface area contributed by atoms with E-state index < -0.39 is 0 Å². The molecule has 0 spiro atoms. The molecule has 4 nitrogen and oxygen atoms in total. The lowest BCUT2D eigenvalue weighted by Gasteiger charge is -2.27. The highest BCUT2D eigenvalue weighted by atomic mass is 16.5. The van der Waals surface area contributed by atoms with Crippen LogP contribution in [0.1, 0.15) is 37.7 Å². The summed E-state index contributed by atoms with van der Waals surface area (Å²) in [6, 6.07) is 8.25. The highest BCUT2D eigenvalue weighted by Gasteiger charge is 2.17. The minimum absolute atomic E-state index is 0.267. The molecular weight excluding hydrogens is 276 g/mol. The molecule has 1 amide bonds. The Hall–Kier alpha value is -1.55. The summed E-state index contributed by atoms with van der Waals surface area (Å²) in [7, 11) is 0. The number of hydrogen-bond acceptors (Lipinski definition) is 3. The molecule has 1 saturated carbocycles. The summed E-state index contributed by atoms with van der Waals surface area (Å²) in [5.41, 5.74) is 1.19. The average molecular weight is 302 g/mol. The second-order valence-electron chi connectivity index (χ2n) is 6.30. The van der Waals surface area contributed by atoms with E-state index in [0.717, 1.165) is 38.3 Å². The van der Waals surface area contributed by atoms with E-state index in [0.29, 0.717) is 12.5 Å². The summed E-state index contributed by atoms with van der Waals surface area (Å²) in [5, 5.41) is 3.27. The van der Waals surface area contributed by atoms with Crippen LogP contribution in [0.3, 0.4) is 0 Å². The zero-order valence-corrected chi connectivity index (χ0v) is 13.2. The lowest BCUT2D eigenvalue weighted by molar-refractivity contribution is -0.131. The number of carbonyl (C=O) groups excluding carboxylic acids is 1. The molecule has 22 heavy (non-hydrogen) atoms. The van der Waals surface area contributed by atoms with Gasteiger partial charge in [0.05, 0.1) is 6.10 Å². The Kier molecular flexibility index (Phi) is 5.33. The number of benzene rings is 1. The van der Waals surface area contributed by atoms with E-state index in [1.165, 1.54) is 31.2 Å². The predicted molar refractivity (Wildman–Crippen MR) is 87.1 cm³/mol. The van der Waals surface area contributed by atoms with Crippen molar-refractivity contribution >= 4 is 5.91 Å². The van der Waals surface area contributed by atoms with Gasteiger partial charge < -0.3 is 15.0 Å². The van der Waals surface area contributed by atoms with Crippen molar-refractivity contribution in [1.82, 2.24) is 10.2 Å². The molecule has 0 bridgehead atoms. The Balaban J connectivity index is 1.50. The van der Waals surface area contributed by atoms with Crippen LogP contribution in [-0.2, 0) is 11.2 Å². The summed E-state index contributed by atoms with van der Waals surface area (Å²) in [6.07, 6.45) is 6.68. The number of hydrogen-bond donors (Lipinski definition) is 1. The maximum atomic E-state index is 12.2. The Labute approximate surface area is 132 Å². The molecule has 120 valence electrons. The number of carbonyl (C=O) groups is 1. The van der Waals surface area contributed by atoms with Crippen molar-refractivity contribution in [2.45, 2.75) is 44.6 Å². The largest absolute Gasteiger partial charge is 0.490 e. The van der Waals surface area contributed by atoms with Crippen LogP contribution in [0.4, 0.5) is 0 Å². The highest BCUT2D eigenvalue weighted by Crippen LogP contribution is 2.24. The van der Waals surface area contributed by atoms with Crippen molar-refractivity contribution in [2.24, 2.45) is 0 Å². The summed E-state index contributed by atoms with van der Waals surface area (Å²) < 4.78 is 6.04. The number of ether oxygens (including phenoxy) is 1. The van der Waals surface area contributed by atoms with Gasteiger partial charge in [-0.3, -0.25) is 4.79 Å². The van der Waals surface area contributed by atoms with Crippen LogP contribution >= 0.6 is 0 Å². The lowest BCUT2D eigenvalue weighted by atomic mass is 10.1. The number of amides is 1. The summed E-state index contributed by atoms with van der Waals surface area (Å²) in [4.78, 5) is 14.2. The highest BCUT2D eigenvalue weighted by molar-refractivity contribution is 5.76. The fraction of sp³-hybridized carbons (Fsp3) is 0.611. The average Bonchev–Trinajstić information content (AvgIpc) is 3.07. The quantitative estimate of drug-likeness (QED) is 0.908. The molecule has 1 aliphatic carbocycles. The zero-order valence-electron chi connectivity index (χ0n) is 13.2. The van der Waals surface area contributed by atoms with Gasteiger partial charge in [0.15, 0.2) is 0 Å². The van der Waals surface area contributed by atoms with Crippen LogP contribution in [0.15, 0.2) is 24.3 Å². The molecule has 3 rings (SSSR count). The smallest absolute Gasteiger partial charge is 0.222 e. The van der Waals surface area contributed by atoms with E-state index in [-0.39, 0.29) is 5.91 Å². The molecule has 1 N–H and O–H groups in total. The van der Waals surface area contributed by atoms with Gasteiger partial charge in [-0.05, 0) is 49.8 Å². The monoisotopic (exact) mass is 302 g/mol. The second-order valence-corrected chi connectivity index (χ2v) is 6.30. The minimum Gasteiger partial charge on any atom is -0.490 e. The first kappa shape index (κ1) is 15.3. The molecule has 4 heteroatoms. The van der Waals surface area contributed by atoms with E-state index in [1.54, 1.807) is 0 Å². The zero-order chi connectivity index (χ0) is 15.2. The maximum Gasteiger partial charge on any atom is 0.222 e. The van der Waals surface area contributed by atoms with Crippen LogP contribution in [0.5, 0.6) is 5.75 Å². The molecule has 0 atom stereocenters. The third-order valence-electron chi connectivity index (χ3n) is 4.60. The van der Waals surface area contributed by atoms with Gasteiger partial charge in [0.1, 0.15) is 5.75 Å². The number of nitrogens with zero attached hydrogens (tertiary/aromatic N) is 1. The molecule has 2 fully saturated rings. The summed E-state index contributed by atoms with van der Waals surface area (Å²) >= 11 is 0. The standard InChI is InChI=1S/C18H26N2O2/c21-18(20-12-10-19-11-13-20)9-8-15-4-3-7-17(14-15)22-16-5-1-2-6-16/h3-4,7,14,16,19H,1-2,5-6,8-13H2. The number of aryl methyl sites for hydroxylation is 1. The third kappa shape index (κ3) is 4.23. The Morgan fingerprint density at radius 2 is 2.00 bits per heavy atom. The van der Waals surface area contributed by atoms with Gasteiger partial charge in [-0.1, -0.05) is 12.1 Å². The van der Waals surface area contributed by atoms with Crippen molar-refractivity contribution in [2.75, 3.05) is 26.2 Å². The molecule has 1 aliphatic heterocycles. The van der Waals surface area contributed by atoms with Crippen molar-refractivity contribution in [3.63, 3.8) is 0 Å². The molecule has 1 aromatic rings. The molecule has 1 heterocycles. The topological polar surface area (TPSA) is 41.6 Å². The van der Waals surface area contributed by atoms with Crippen molar-refractivity contribution in [3.05, 3.63) is 29.8 Å². The van der Waals surface area contributed by atoms with Gasteiger partial charge in [0.25, 0.3) is 0 Å². The van der Waals surface area contributed by atoms with Crippen LogP contribution in [-0.4, -0.2) is 43.1 Å². The number of rotatable bonds is 5. The van der Waals surface area contributed by atoms with Crippen molar-refractivity contribution in [3.8, 4) is 5.75 Å². The van der Waals surface area contributed by atoms with Crippen molar-refractivity contribution in [1.29, 1.82) is 0 Å². The SMILES string of the molecule is O=C(CCc1cccc(OC2CCCC2)c1)N1CCNCC1. The van der Waals surface area contributed by atoms with E-state index in [2.05, 4.69) is 17.4 Å². The first-order chi connectivity index (χ1) is 10.8. The fourth-order valence-corrected chi connectivity index (χ4v) is 3.30. The number of nitrogens with one attached hydrogen (secondary N) is 1. The van der Waals surface area contributed by atoms with E-state index in [4.69, 9.17) is 4.74 Å². The van der Waals surface area contributed by atoms with Crippen LogP contribution in [0, 0.1) is 0 Å². The molecular formula is C18H26N2O2.